The molecule has 2 aromatic rings. The quantitative estimate of drug-likeness (QED) is 0.687. The fourth-order valence-corrected chi connectivity index (χ4v) is 2.62. The Bertz CT molecular complexity index is 610. The number of fused-ring (bicyclic) bond motifs is 2. The molecule has 0 aliphatic carbocycles. The van der Waals surface area contributed by atoms with E-state index in [9.17, 15) is 15.2 Å². The zero-order valence-corrected chi connectivity index (χ0v) is 10.6. The molecular formula is C15H13NO4. The molecule has 3 rings (SSSR count). The van der Waals surface area contributed by atoms with Crippen molar-refractivity contribution in [3.05, 3.63) is 69.8 Å². The standard InChI is InChI=1S/C15H13NO4/c17-12(9-16(18)19)15-10-5-1-3-7-13(10)20-14-8-4-2-6-11(14)15/h1-8,12,15,17H,9H2. The van der Waals surface area contributed by atoms with E-state index in [-0.39, 0.29) is 0 Å². The Morgan fingerprint density at radius 3 is 2.10 bits per heavy atom. The van der Waals surface area contributed by atoms with Crippen LogP contribution in [0, 0.1) is 10.1 Å². The third-order valence-electron chi connectivity index (χ3n) is 3.45. The van der Waals surface area contributed by atoms with Gasteiger partial charge < -0.3 is 9.84 Å². The summed E-state index contributed by atoms with van der Waals surface area (Å²) in [5.41, 5.74) is 1.56. The Balaban J connectivity index is 2.10. The smallest absolute Gasteiger partial charge is 0.230 e. The van der Waals surface area contributed by atoms with E-state index in [1.165, 1.54) is 0 Å². The summed E-state index contributed by atoms with van der Waals surface area (Å²) in [6.45, 7) is -0.493. The Hall–Kier alpha value is -2.40. The molecule has 0 spiro atoms. The minimum atomic E-state index is -1.09. The Morgan fingerprint density at radius 2 is 1.60 bits per heavy atom. The molecule has 102 valence electrons. The second-order valence-electron chi connectivity index (χ2n) is 4.74. The third kappa shape index (κ3) is 2.12. The van der Waals surface area contributed by atoms with Gasteiger partial charge in [0.1, 0.15) is 17.6 Å². The number of aliphatic hydroxyl groups is 1. The average Bonchev–Trinajstić information content (AvgIpc) is 2.43. The molecule has 0 fully saturated rings. The number of ether oxygens (including phenoxy) is 1. The van der Waals surface area contributed by atoms with Gasteiger partial charge in [-0.25, -0.2) is 0 Å². The summed E-state index contributed by atoms with van der Waals surface area (Å²) in [6.07, 6.45) is -1.09. The summed E-state index contributed by atoms with van der Waals surface area (Å²) in [5.74, 6) is 0.832. The second-order valence-corrected chi connectivity index (χ2v) is 4.74. The van der Waals surface area contributed by atoms with Crippen LogP contribution in [0.2, 0.25) is 0 Å². The molecule has 0 bridgehead atoms. The Morgan fingerprint density at radius 1 is 1.10 bits per heavy atom. The van der Waals surface area contributed by atoms with Crippen molar-refractivity contribution < 1.29 is 14.8 Å². The van der Waals surface area contributed by atoms with Crippen LogP contribution in [0.25, 0.3) is 0 Å². The largest absolute Gasteiger partial charge is 0.457 e. The molecule has 1 N–H and O–H groups in total. The molecule has 1 aliphatic heterocycles. The highest BCUT2D eigenvalue weighted by atomic mass is 16.6. The predicted octanol–water partition coefficient (Wildman–Crippen LogP) is 2.56. The topological polar surface area (TPSA) is 72.6 Å². The fraction of sp³-hybridized carbons (Fsp3) is 0.200. The highest BCUT2D eigenvalue weighted by Gasteiger charge is 2.34. The Labute approximate surface area is 115 Å². The molecule has 0 radical (unpaired) electrons. The number of aliphatic hydroxyl groups excluding tert-OH is 1. The van der Waals surface area contributed by atoms with Crippen LogP contribution in [0.3, 0.4) is 0 Å². The van der Waals surface area contributed by atoms with Crippen molar-refractivity contribution in [2.45, 2.75) is 12.0 Å². The predicted molar refractivity (Wildman–Crippen MR) is 72.7 cm³/mol. The SMILES string of the molecule is O=[N+]([O-])CC(O)C1c2ccccc2Oc2ccccc21. The number of hydrogen-bond donors (Lipinski definition) is 1. The van der Waals surface area contributed by atoms with Crippen LogP contribution in [0.5, 0.6) is 11.5 Å². The van der Waals surface area contributed by atoms with Gasteiger partial charge in [0.15, 0.2) is 0 Å². The minimum absolute atomic E-state index is 0.443. The van der Waals surface area contributed by atoms with Crippen molar-refractivity contribution in [3.8, 4) is 11.5 Å². The van der Waals surface area contributed by atoms with Crippen LogP contribution in [0.4, 0.5) is 0 Å². The first-order valence-corrected chi connectivity index (χ1v) is 6.32. The van der Waals surface area contributed by atoms with Gasteiger partial charge in [0.25, 0.3) is 0 Å². The van der Waals surface area contributed by atoms with Gasteiger partial charge in [0.2, 0.25) is 6.54 Å². The molecule has 0 saturated heterocycles. The maximum absolute atomic E-state index is 10.7. The number of nitro groups is 1. The van der Waals surface area contributed by atoms with Crippen LogP contribution in [0.1, 0.15) is 17.0 Å². The molecule has 1 heterocycles. The molecule has 0 aromatic heterocycles. The molecular weight excluding hydrogens is 258 g/mol. The van der Waals surface area contributed by atoms with E-state index in [2.05, 4.69) is 0 Å². The highest BCUT2D eigenvalue weighted by molar-refractivity contribution is 5.54. The normalized spacial score (nSPS) is 14.8. The lowest BCUT2D eigenvalue weighted by Gasteiger charge is -2.29. The molecule has 1 aliphatic rings. The fourth-order valence-electron chi connectivity index (χ4n) is 2.62. The molecule has 5 nitrogen and oxygen atoms in total. The average molecular weight is 271 g/mol. The van der Waals surface area contributed by atoms with Gasteiger partial charge in [-0.3, -0.25) is 10.1 Å². The highest BCUT2D eigenvalue weighted by Crippen LogP contribution is 2.45. The first kappa shape index (κ1) is 12.6. The van der Waals surface area contributed by atoms with E-state index in [0.29, 0.717) is 11.5 Å². The summed E-state index contributed by atoms with van der Waals surface area (Å²) in [7, 11) is 0. The molecule has 2 aromatic carbocycles. The maximum atomic E-state index is 10.7. The van der Waals surface area contributed by atoms with Crippen molar-refractivity contribution >= 4 is 0 Å². The van der Waals surface area contributed by atoms with Crippen LogP contribution < -0.4 is 4.74 Å². The van der Waals surface area contributed by atoms with E-state index in [1.807, 2.05) is 36.4 Å². The zero-order chi connectivity index (χ0) is 14.1. The molecule has 20 heavy (non-hydrogen) atoms. The molecule has 0 amide bonds. The van der Waals surface area contributed by atoms with Gasteiger partial charge in [-0.05, 0) is 12.1 Å². The molecule has 1 atom stereocenters. The van der Waals surface area contributed by atoms with Gasteiger partial charge in [-0.1, -0.05) is 36.4 Å². The van der Waals surface area contributed by atoms with Crippen molar-refractivity contribution in [3.63, 3.8) is 0 Å². The summed E-state index contributed by atoms with van der Waals surface area (Å²) < 4.78 is 5.78. The van der Waals surface area contributed by atoms with Crippen molar-refractivity contribution in [1.29, 1.82) is 0 Å². The number of para-hydroxylation sites is 2. The van der Waals surface area contributed by atoms with Crippen LogP contribution in [0.15, 0.2) is 48.5 Å². The molecule has 1 unspecified atom stereocenters. The summed E-state index contributed by atoms with van der Waals surface area (Å²) >= 11 is 0. The van der Waals surface area contributed by atoms with Crippen molar-refractivity contribution in [1.82, 2.24) is 0 Å². The van der Waals surface area contributed by atoms with Gasteiger partial charge >= 0.3 is 0 Å². The van der Waals surface area contributed by atoms with Crippen LogP contribution >= 0.6 is 0 Å². The van der Waals surface area contributed by atoms with Gasteiger partial charge in [0.05, 0.1) is 0 Å². The summed E-state index contributed by atoms with van der Waals surface area (Å²) in [6, 6.07) is 14.6. The third-order valence-corrected chi connectivity index (χ3v) is 3.45. The van der Waals surface area contributed by atoms with Crippen molar-refractivity contribution in [2.24, 2.45) is 0 Å². The number of hydrogen-bond acceptors (Lipinski definition) is 4. The summed E-state index contributed by atoms with van der Waals surface area (Å²) in [5, 5.41) is 20.9. The Kier molecular flexibility index (Phi) is 3.12. The van der Waals surface area contributed by atoms with E-state index in [4.69, 9.17) is 4.74 Å². The number of nitrogens with zero attached hydrogens (tertiary/aromatic N) is 1. The lowest BCUT2D eigenvalue weighted by atomic mass is 9.84. The van der Waals surface area contributed by atoms with Gasteiger partial charge in [-0.2, -0.15) is 0 Å². The lowest BCUT2D eigenvalue weighted by molar-refractivity contribution is -0.490. The monoisotopic (exact) mass is 271 g/mol. The zero-order valence-electron chi connectivity index (χ0n) is 10.6. The summed E-state index contributed by atoms with van der Waals surface area (Å²) in [4.78, 5) is 10.2. The number of benzene rings is 2. The van der Waals surface area contributed by atoms with Gasteiger partial charge in [0, 0.05) is 22.0 Å². The molecule has 0 saturated carbocycles. The van der Waals surface area contributed by atoms with E-state index in [1.54, 1.807) is 12.1 Å². The van der Waals surface area contributed by atoms with Crippen LogP contribution in [-0.4, -0.2) is 22.7 Å². The van der Waals surface area contributed by atoms with Gasteiger partial charge in [-0.15, -0.1) is 0 Å². The van der Waals surface area contributed by atoms with Crippen molar-refractivity contribution in [2.75, 3.05) is 6.54 Å². The minimum Gasteiger partial charge on any atom is -0.457 e. The van der Waals surface area contributed by atoms with E-state index < -0.39 is 23.5 Å². The number of rotatable bonds is 3. The first-order valence-electron chi connectivity index (χ1n) is 6.32. The van der Waals surface area contributed by atoms with Crippen LogP contribution in [-0.2, 0) is 0 Å². The first-order chi connectivity index (χ1) is 9.66. The second kappa shape index (κ2) is 4.94. The van der Waals surface area contributed by atoms with E-state index >= 15 is 0 Å². The maximum Gasteiger partial charge on any atom is 0.230 e. The lowest BCUT2D eigenvalue weighted by Crippen LogP contribution is -2.29. The molecule has 5 heteroatoms. The van der Waals surface area contributed by atoms with E-state index in [0.717, 1.165) is 11.1 Å².